The van der Waals surface area contributed by atoms with Crippen LogP contribution in [-0.4, -0.2) is 43.9 Å². The average Bonchev–Trinajstić information content (AvgIpc) is 2.74. The molecule has 94 valence electrons. The summed E-state index contributed by atoms with van der Waals surface area (Å²) in [4.78, 5) is 4.58. The Bertz CT molecular complexity index is 378. The van der Waals surface area contributed by atoms with Gasteiger partial charge in [-0.1, -0.05) is 11.8 Å². The molecule has 1 aromatic rings. The highest BCUT2D eigenvalue weighted by Gasteiger charge is 2.02. The third-order valence-electron chi connectivity index (χ3n) is 2.27. The van der Waals surface area contributed by atoms with Crippen LogP contribution >= 0.6 is 11.3 Å². The predicted molar refractivity (Wildman–Crippen MR) is 71.1 cm³/mol. The molecular formula is C13H19NO2S. The van der Waals surface area contributed by atoms with E-state index >= 15 is 0 Å². The van der Waals surface area contributed by atoms with Crippen molar-refractivity contribution in [2.24, 2.45) is 0 Å². The number of aliphatic hydroxyl groups is 1. The maximum Gasteiger partial charge on any atom is 0.104 e. The summed E-state index contributed by atoms with van der Waals surface area (Å²) >= 11 is 1.68. The van der Waals surface area contributed by atoms with E-state index in [0.717, 1.165) is 31.0 Å². The number of rotatable bonds is 6. The van der Waals surface area contributed by atoms with Gasteiger partial charge in [0.25, 0.3) is 0 Å². The Morgan fingerprint density at radius 3 is 3.00 bits per heavy atom. The van der Waals surface area contributed by atoms with Gasteiger partial charge in [-0.3, -0.25) is 0 Å². The molecule has 17 heavy (non-hydrogen) atoms. The summed E-state index contributed by atoms with van der Waals surface area (Å²) in [5, 5.41) is 8.61. The lowest BCUT2D eigenvalue weighted by atomic mass is 10.3. The molecule has 0 bridgehead atoms. The van der Waals surface area contributed by atoms with Gasteiger partial charge in [-0.2, -0.15) is 0 Å². The minimum Gasteiger partial charge on any atom is -0.385 e. The van der Waals surface area contributed by atoms with Gasteiger partial charge in [0.05, 0.1) is 4.88 Å². The van der Waals surface area contributed by atoms with E-state index < -0.39 is 0 Å². The smallest absolute Gasteiger partial charge is 0.104 e. The minimum absolute atomic E-state index is 0.0792. The molecule has 1 heterocycles. The van der Waals surface area contributed by atoms with Crippen molar-refractivity contribution in [3.63, 3.8) is 0 Å². The molecule has 0 aliphatic rings. The van der Waals surface area contributed by atoms with Crippen molar-refractivity contribution < 1.29 is 9.84 Å². The average molecular weight is 253 g/mol. The van der Waals surface area contributed by atoms with Crippen molar-refractivity contribution in [1.29, 1.82) is 0 Å². The zero-order valence-corrected chi connectivity index (χ0v) is 11.2. The Hall–Kier alpha value is -0.860. The molecule has 0 fully saturated rings. The molecule has 0 atom stereocenters. The Labute approximate surface area is 107 Å². The minimum atomic E-state index is -0.0792. The molecule has 1 rings (SSSR count). The fourth-order valence-corrected chi connectivity index (χ4v) is 2.44. The summed E-state index contributed by atoms with van der Waals surface area (Å²) < 4.78 is 5.02. The van der Waals surface area contributed by atoms with Gasteiger partial charge in [-0.15, -0.1) is 11.3 Å². The van der Waals surface area contributed by atoms with Crippen molar-refractivity contribution in [1.82, 2.24) is 4.90 Å². The van der Waals surface area contributed by atoms with Crippen LogP contribution in [0.3, 0.4) is 0 Å². The van der Waals surface area contributed by atoms with E-state index in [1.165, 1.54) is 4.88 Å². The van der Waals surface area contributed by atoms with Crippen LogP contribution in [0.15, 0.2) is 12.1 Å². The molecule has 0 aromatic carbocycles. The Balaban J connectivity index is 2.37. The summed E-state index contributed by atoms with van der Waals surface area (Å²) in [6.07, 6.45) is 1.05. The van der Waals surface area contributed by atoms with E-state index in [-0.39, 0.29) is 6.61 Å². The molecule has 0 amide bonds. The molecule has 0 radical (unpaired) electrons. The van der Waals surface area contributed by atoms with Crippen LogP contribution in [0.5, 0.6) is 0 Å². The van der Waals surface area contributed by atoms with E-state index in [2.05, 4.69) is 29.9 Å². The van der Waals surface area contributed by atoms with Crippen molar-refractivity contribution >= 4 is 11.3 Å². The molecule has 0 saturated heterocycles. The summed E-state index contributed by atoms with van der Waals surface area (Å²) in [6.45, 7) is 2.70. The fraction of sp³-hybridized carbons (Fsp3) is 0.538. The van der Waals surface area contributed by atoms with E-state index in [1.54, 1.807) is 18.4 Å². The van der Waals surface area contributed by atoms with Gasteiger partial charge in [0.2, 0.25) is 0 Å². The maximum absolute atomic E-state index is 8.61. The maximum atomic E-state index is 8.61. The molecular weight excluding hydrogens is 234 g/mol. The van der Waals surface area contributed by atoms with Gasteiger partial charge in [0, 0.05) is 31.7 Å². The van der Waals surface area contributed by atoms with Crippen LogP contribution in [0.4, 0.5) is 0 Å². The van der Waals surface area contributed by atoms with E-state index in [9.17, 15) is 0 Å². The number of thiophene rings is 1. The summed E-state index contributed by atoms with van der Waals surface area (Å²) in [6, 6.07) is 4.10. The highest BCUT2D eigenvalue weighted by atomic mass is 32.1. The number of hydrogen-bond acceptors (Lipinski definition) is 4. The number of ether oxygens (including phenoxy) is 1. The Morgan fingerprint density at radius 2 is 2.29 bits per heavy atom. The van der Waals surface area contributed by atoms with Gasteiger partial charge in [-0.05, 0) is 25.6 Å². The monoisotopic (exact) mass is 253 g/mol. The first-order valence-electron chi connectivity index (χ1n) is 5.62. The molecule has 1 aromatic heterocycles. The number of aliphatic hydroxyl groups excluding tert-OH is 1. The van der Waals surface area contributed by atoms with Gasteiger partial charge >= 0.3 is 0 Å². The lowest BCUT2D eigenvalue weighted by Gasteiger charge is -2.14. The first kappa shape index (κ1) is 14.2. The number of nitrogens with zero attached hydrogens (tertiary/aromatic N) is 1. The second-order valence-electron chi connectivity index (χ2n) is 3.81. The summed E-state index contributed by atoms with van der Waals surface area (Å²) in [7, 11) is 3.83. The lowest BCUT2D eigenvalue weighted by Crippen LogP contribution is -2.19. The normalized spacial score (nSPS) is 10.4. The van der Waals surface area contributed by atoms with Crippen molar-refractivity contribution in [2.45, 2.75) is 13.0 Å². The van der Waals surface area contributed by atoms with Crippen molar-refractivity contribution in [3.8, 4) is 11.8 Å². The fourth-order valence-electron chi connectivity index (χ4n) is 1.48. The molecule has 0 spiro atoms. The van der Waals surface area contributed by atoms with Crippen LogP contribution in [0, 0.1) is 11.8 Å². The zero-order valence-electron chi connectivity index (χ0n) is 10.4. The summed E-state index contributed by atoms with van der Waals surface area (Å²) in [5.74, 6) is 5.58. The van der Waals surface area contributed by atoms with Crippen LogP contribution < -0.4 is 0 Å². The van der Waals surface area contributed by atoms with Gasteiger partial charge in [0.1, 0.15) is 6.61 Å². The molecule has 0 aliphatic carbocycles. The molecule has 0 unspecified atom stereocenters. The van der Waals surface area contributed by atoms with Gasteiger partial charge in [-0.25, -0.2) is 0 Å². The summed E-state index contributed by atoms with van der Waals surface area (Å²) in [5.41, 5.74) is 0. The molecule has 3 nitrogen and oxygen atoms in total. The topological polar surface area (TPSA) is 32.7 Å². The van der Waals surface area contributed by atoms with E-state index in [0.29, 0.717) is 0 Å². The Morgan fingerprint density at radius 1 is 1.47 bits per heavy atom. The van der Waals surface area contributed by atoms with E-state index in [4.69, 9.17) is 9.84 Å². The molecule has 4 heteroatoms. The van der Waals surface area contributed by atoms with Crippen molar-refractivity contribution in [2.75, 3.05) is 33.9 Å². The van der Waals surface area contributed by atoms with Crippen LogP contribution in [0.2, 0.25) is 0 Å². The van der Waals surface area contributed by atoms with Crippen LogP contribution in [-0.2, 0) is 11.3 Å². The molecule has 0 aliphatic heterocycles. The quantitative estimate of drug-likeness (QED) is 0.617. The first-order valence-corrected chi connectivity index (χ1v) is 6.44. The third kappa shape index (κ3) is 5.85. The zero-order chi connectivity index (χ0) is 12.5. The predicted octanol–water partition coefficient (Wildman–Crippen LogP) is 1.56. The van der Waals surface area contributed by atoms with Gasteiger partial charge < -0.3 is 14.7 Å². The Kier molecular flexibility index (Phi) is 6.90. The highest BCUT2D eigenvalue weighted by Crippen LogP contribution is 2.16. The van der Waals surface area contributed by atoms with Gasteiger partial charge in [0.15, 0.2) is 0 Å². The number of hydrogen-bond donors (Lipinski definition) is 1. The van der Waals surface area contributed by atoms with E-state index in [1.807, 2.05) is 6.07 Å². The second-order valence-corrected chi connectivity index (χ2v) is 4.98. The van der Waals surface area contributed by atoms with Crippen molar-refractivity contribution in [3.05, 3.63) is 21.9 Å². The highest BCUT2D eigenvalue weighted by molar-refractivity contribution is 7.12. The SMILES string of the molecule is COCCCN(C)Cc1ccc(C#CCO)s1. The standard InChI is InChI=1S/C13H19NO2S/c1-14(8-4-10-16-2)11-13-7-6-12(17-13)5-3-9-15/h6-7,15H,4,8-11H2,1-2H3. The molecule has 1 N–H and O–H groups in total. The van der Waals surface area contributed by atoms with Crippen LogP contribution in [0.1, 0.15) is 16.2 Å². The molecule has 0 saturated carbocycles. The lowest BCUT2D eigenvalue weighted by molar-refractivity contribution is 0.178. The second kappa shape index (κ2) is 8.26. The first-order chi connectivity index (χ1) is 8.26. The largest absolute Gasteiger partial charge is 0.385 e. The van der Waals surface area contributed by atoms with Crippen LogP contribution in [0.25, 0.3) is 0 Å². The third-order valence-corrected chi connectivity index (χ3v) is 3.25. The number of methoxy groups -OCH3 is 1.